The zero-order chi connectivity index (χ0) is 35.9. The quantitative estimate of drug-likeness (QED) is 0.0510. The molecule has 0 aliphatic carbocycles. The highest BCUT2D eigenvalue weighted by atomic mass is 14.5. The number of anilines is 2. The molecule has 0 amide bonds. The average molecular weight is 687 g/mol. The minimum atomic E-state index is 0.416. The lowest BCUT2D eigenvalue weighted by molar-refractivity contribution is 0.545. The minimum Gasteiger partial charge on any atom is -0.399 e. The second-order valence-electron chi connectivity index (χ2n) is 15.3. The summed E-state index contributed by atoms with van der Waals surface area (Å²) in [6.45, 7) is 4.59. The lowest BCUT2D eigenvalue weighted by Gasteiger charge is -2.20. The molecule has 0 aliphatic rings. The highest BCUT2D eigenvalue weighted by Crippen LogP contribution is 2.33. The van der Waals surface area contributed by atoms with Gasteiger partial charge in [0.05, 0.1) is 0 Å². The first-order valence-electron chi connectivity index (χ1n) is 21.0. The van der Waals surface area contributed by atoms with Gasteiger partial charge in [0.1, 0.15) is 0 Å². The van der Waals surface area contributed by atoms with Crippen molar-refractivity contribution in [1.29, 1.82) is 0 Å². The van der Waals surface area contributed by atoms with Crippen molar-refractivity contribution in [2.75, 3.05) is 11.5 Å². The molecule has 2 heteroatoms. The third-order valence-corrected chi connectivity index (χ3v) is 11.0. The zero-order valence-electron chi connectivity index (χ0n) is 32.4. The summed E-state index contributed by atoms with van der Waals surface area (Å²) in [7, 11) is 0. The molecule has 4 aromatic rings. The number of nitrogen functional groups attached to an aromatic ring is 2. The van der Waals surface area contributed by atoms with E-state index in [9.17, 15) is 0 Å². The lowest BCUT2D eigenvalue weighted by atomic mass is 9.85. The molecule has 2 nitrogen and oxygen atoms in total. The number of benzene rings is 4. The summed E-state index contributed by atoms with van der Waals surface area (Å²) >= 11 is 0. The van der Waals surface area contributed by atoms with Gasteiger partial charge in [0, 0.05) is 23.2 Å². The molecule has 4 aromatic carbocycles. The van der Waals surface area contributed by atoms with Crippen molar-refractivity contribution in [3.05, 3.63) is 130 Å². The number of hydrogen-bond donors (Lipinski definition) is 2. The van der Waals surface area contributed by atoms with Gasteiger partial charge >= 0.3 is 0 Å². The van der Waals surface area contributed by atoms with Gasteiger partial charge in [0.2, 0.25) is 0 Å². The van der Waals surface area contributed by atoms with Gasteiger partial charge < -0.3 is 11.5 Å². The van der Waals surface area contributed by atoms with Crippen LogP contribution in [0.25, 0.3) is 0 Å². The van der Waals surface area contributed by atoms with E-state index in [-0.39, 0.29) is 0 Å². The number of unbranched alkanes of at least 4 members (excludes halogenated alkanes) is 16. The van der Waals surface area contributed by atoms with Crippen LogP contribution >= 0.6 is 0 Å². The van der Waals surface area contributed by atoms with E-state index in [1.54, 1.807) is 0 Å². The van der Waals surface area contributed by atoms with Crippen molar-refractivity contribution >= 4 is 11.4 Å². The summed E-state index contributed by atoms with van der Waals surface area (Å²) in [6, 6.07) is 36.1. The Bertz CT molecular complexity index is 1320. The normalized spacial score (nSPS) is 12.6. The maximum absolute atomic E-state index is 6.07. The largest absolute Gasteiger partial charge is 0.399 e. The highest BCUT2D eigenvalue weighted by molar-refractivity contribution is 5.45. The van der Waals surface area contributed by atoms with Crippen molar-refractivity contribution in [3.8, 4) is 0 Å². The fourth-order valence-corrected chi connectivity index (χ4v) is 7.80. The Kier molecular flexibility index (Phi) is 18.8. The Balaban J connectivity index is 1.33. The van der Waals surface area contributed by atoms with Gasteiger partial charge in [-0.25, -0.2) is 0 Å². The summed E-state index contributed by atoms with van der Waals surface area (Å²) in [5.74, 6) is 0.833. The summed E-state index contributed by atoms with van der Waals surface area (Å²) in [4.78, 5) is 0. The van der Waals surface area contributed by atoms with Gasteiger partial charge in [-0.2, -0.15) is 0 Å². The van der Waals surface area contributed by atoms with Gasteiger partial charge in [-0.3, -0.25) is 0 Å². The summed E-state index contributed by atoms with van der Waals surface area (Å²) in [5.41, 5.74) is 22.1. The Labute approximate surface area is 312 Å². The molecule has 276 valence electrons. The molecule has 0 saturated carbocycles. The lowest BCUT2D eigenvalue weighted by Crippen LogP contribution is -2.03. The van der Waals surface area contributed by atoms with E-state index in [4.69, 9.17) is 11.5 Å². The molecule has 0 saturated heterocycles. The second kappa shape index (κ2) is 23.9. The van der Waals surface area contributed by atoms with Gasteiger partial charge in [0.15, 0.2) is 0 Å². The monoisotopic (exact) mass is 687 g/mol. The van der Waals surface area contributed by atoms with Gasteiger partial charge in [-0.1, -0.05) is 202 Å². The molecule has 0 bridgehead atoms. The first-order chi connectivity index (χ1) is 25.1. The zero-order valence-corrected chi connectivity index (χ0v) is 32.4. The third kappa shape index (κ3) is 14.9. The number of nitrogens with two attached hydrogens (primary N) is 2. The average Bonchev–Trinajstić information content (AvgIpc) is 3.15. The Morgan fingerprint density at radius 3 is 0.882 bits per heavy atom. The standard InChI is InChI=1S/C49H70N2/c1-3-5-7-9-11-13-15-17-19-21-48(44-31-35-46(50)36-32-44)42-27-23-40(24-28-42)39-41-25-29-43(30-26-41)49(45-33-37-47(51)38-34-45)22-20-18-16-14-12-10-8-6-4-2/h23-38,48-49H,3-22,39,50-51H2,1-2H3. The molecule has 4 rings (SSSR count). The molecular formula is C49H70N2. The first-order valence-corrected chi connectivity index (χ1v) is 21.0. The molecule has 2 unspecified atom stereocenters. The molecule has 4 N–H and O–H groups in total. The van der Waals surface area contributed by atoms with Crippen LogP contribution in [0.4, 0.5) is 11.4 Å². The van der Waals surface area contributed by atoms with Crippen molar-refractivity contribution in [2.45, 2.75) is 161 Å². The molecule has 0 heterocycles. The molecule has 2 atom stereocenters. The fourth-order valence-electron chi connectivity index (χ4n) is 7.80. The maximum Gasteiger partial charge on any atom is 0.0314 e. The van der Waals surface area contributed by atoms with E-state index in [2.05, 4.69) is 111 Å². The van der Waals surface area contributed by atoms with Crippen LogP contribution in [-0.2, 0) is 6.42 Å². The highest BCUT2D eigenvalue weighted by Gasteiger charge is 2.16. The molecule has 0 fully saturated rings. The van der Waals surface area contributed by atoms with E-state index in [0.717, 1.165) is 17.8 Å². The predicted octanol–water partition coefficient (Wildman–Crippen LogP) is 14.5. The van der Waals surface area contributed by atoms with Crippen LogP contribution in [0.1, 0.15) is 187 Å². The van der Waals surface area contributed by atoms with Crippen molar-refractivity contribution in [1.82, 2.24) is 0 Å². The topological polar surface area (TPSA) is 52.0 Å². The summed E-state index contributed by atoms with van der Waals surface area (Å²) in [5, 5.41) is 0. The number of rotatable bonds is 26. The van der Waals surface area contributed by atoms with Crippen LogP contribution < -0.4 is 11.5 Å². The maximum atomic E-state index is 6.07. The van der Waals surface area contributed by atoms with E-state index in [0.29, 0.717) is 11.8 Å². The molecule has 0 spiro atoms. The molecule has 0 aliphatic heterocycles. The minimum absolute atomic E-state index is 0.416. The van der Waals surface area contributed by atoms with Gasteiger partial charge in [-0.15, -0.1) is 0 Å². The molecular weight excluding hydrogens is 617 g/mol. The number of hydrogen-bond acceptors (Lipinski definition) is 2. The van der Waals surface area contributed by atoms with Crippen LogP contribution in [0, 0.1) is 0 Å². The molecule has 0 radical (unpaired) electrons. The van der Waals surface area contributed by atoms with E-state index < -0.39 is 0 Å². The summed E-state index contributed by atoms with van der Waals surface area (Å²) < 4.78 is 0. The predicted molar refractivity (Wildman–Crippen MR) is 225 cm³/mol. The van der Waals surface area contributed by atoms with E-state index in [1.165, 1.54) is 162 Å². The van der Waals surface area contributed by atoms with Crippen LogP contribution in [0.3, 0.4) is 0 Å². The van der Waals surface area contributed by atoms with Crippen LogP contribution in [0.15, 0.2) is 97.1 Å². The Hall–Kier alpha value is -3.52. The van der Waals surface area contributed by atoms with Gasteiger partial charge in [0.25, 0.3) is 0 Å². The smallest absolute Gasteiger partial charge is 0.0314 e. The van der Waals surface area contributed by atoms with E-state index >= 15 is 0 Å². The second-order valence-corrected chi connectivity index (χ2v) is 15.3. The van der Waals surface area contributed by atoms with Crippen molar-refractivity contribution < 1.29 is 0 Å². The Morgan fingerprint density at radius 1 is 0.333 bits per heavy atom. The van der Waals surface area contributed by atoms with Gasteiger partial charge in [-0.05, 0) is 76.9 Å². The molecule has 51 heavy (non-hydrogen) atoms. The Morgan fingerprint density at radius 2 is 0.588 bits per heavy atom. The fraction of sp³-hybridized carbons (Fsp3) is 0.510. The first kappa shape index (κ1) is 40.3. The molecule has 0 aromatic heterocycles. The van der Waals surface area contributed by atoms with Crippen LogP contribution in [0.2, 0.25) is 0 Å². The van der Waals surface area contributed by atoms with Crippen molar-refractivity contribution in [2.24, 2.45) is 0 Å². The van der Waals surface area contributed by atoms with Crippen LogP contribution in [0.5, 0.6) is 0 Å². The van der Waals surface area contributed by atoms with Crippen LogP contribution in [-0.4, -0.2) is 0 Å². The summed E-state index contributed by atoms with van der Waals surface area (Å²) in [6.07, 6.45) is 27.9. The third-order valence-electron chi connectivity index (χ3n) is 11.0. The van der Waals surface area contributed by atoms with E-state index in [1.807, 2.05) is 0 Å². The SMILES string of the molecule is CCCCCCCCCCCC(c1ccc(N)cc1)c1ccc(Cc2ccc(C(CCCCCCCCCCC)c3ccc(N)cc3)cc2)cc1. The van der Waals surface area contributed by atoms with Crippen molar-refractivity contribution in [3.63, 3.8) is 0 Å².